The molecule has 6 heteroatoms. The van der Waals surface area contributed by atoms with Crippen LogP contribution in [-0.4, -0.2) is 41.6 Å². The zero-order valence-corrected chi connectivity index (χ0v) is 14.3. The molecule has 6 nitrogen and oxygen atoms in total. The van der Waals surface area contributed by atoms with Crippen LogP contribution in [-0.2, 0) is 6.61 Å². The highest BCUT2D eigenvalue weighted by Crippen LogP contribution is 2.20. The molecule has 1 aliphatic rings. The second-order valence-electron chi connectivity index (χ2n) is 6.17. The van der Waals surface area contributed by atoms with E-state index in [4.69, 9.17) is 9.26 Å². The van der Waals surface area contributed by atoms with Gasteiger partial charge in [-0.3, -0.25) is 4.79 Å². The van der Waals surface area contributed by atoms with Crippen molar-refractivity contribution in [2.75, 3.05) is 19.6 Å². The summed E-state index contributed by atoms with van der Waals surface area (Å²) in [5, 5.41) is 7.22. The highest BCUT2D eigenvalue weighted by molar-refractivity contribution is 5.94. The minimum atomic E-state index is 0.0480. The van der Waals surface area contributed by atoms with Gasteiger partial charge in [-0.25, -0.2) is 0 Å². The van der Waals surface area contributed by atoms with E-state index in [0.29, 0.717) is 17.9 Å². The van der Waals surface area contributed by atoms with Gasteiger partial charge in [0, 0.05) is 31.2 Å². The van der Waals surface area contributed by atoms with Crippen LogP contribution in [0.15, 0.2) is 28.8 Å². The third-order valence-electron chi connectivity index (χ3n) is 4.41. The highest BCUT2D eigenvalue weighted by Gasteiger charge is 2.24. The van der Waals surface area contributed by atoms with Crippen LogP contribution in [0.3, 0.4) is 0 Å². The van der Waals surface area contributed by atoms with E-state index in [1.165, 1.54) is 0 Å². The molecule has 0 unspecified atom stereocenters. The molecule has 1 saturated heterocycles. The molecule has 0 aliphatic carbocycles. The number of benzene rings is 1. The van der Waals surface area contributed by atoms with E-state index in [9.17, 15) is 4.79 Å². The molecule has 0 spiro atoms. The standard InChI is InChI=1S/C18H23N3O3/c1-12-10-19-7-8-21(12)18(22)15-5-4-6-16(9-15)23-11-17-13(2)20-24-14(17)3/h4-6,9,12,19H,7-8,10-11H2,1-3H3/t12-/m1/s1. The van der Waals surface area contributed by atoms with Gasteiger partial charge >= 0.3 is 0 Å². The minimum Gasteiger partial charge on any atom is -0.489 e. The molecule has 2 aromatic rings. The summed E-state index contributed by atoms with van der Waals surface area (Å²) in [5.74, 6) is 1.48. The summed E-state index contributed by atoms with van der Waals surface area (Å²) >= 11 is 0. The lowest BCUT2D eigenvalue weighted by Gasteiger charge is -2.34. The summed E-state index contributed by atoms with van der Waals surface area (Å²) in [6, 6.07) is 7.53. The Morgan fingerprint density at radius 2 is 2.29 bits per heavy atom. The Bertz CT molecular complexity index is 707. The van der Waals surface area contributed by atoms with Crippen LogP contribution in [0.5, 0.6) is 5.75 Å². The van der Waals surface area contributed by atoms with Crippen LogP contribution in [0.2, 0.25) is 0 Å². The van der Waals surface area contributed by atoms with Crippen molar-refractivity contribution >= 4 is 5.91 Å². The number of carbonyl (C=O) groups excluding carboxylic acids is 1. The molecule has 1 aromatic carbocycles. The maximum Gasteiger partial charge on any atom is 0.254 e. The van der Waals surface area contributed by atoms with Gasteiger partial charge in [-0.2, -0.15) is 0 Å². The van der Waals surface area contributed by atoms with Crippen molar-refractivity contribution in [1.29, 1.82) is 0 Å². The molecule has 1 N–H and O–H groups in total. The predicted octanol–water partition coefficient (Wildman–Crippen LogP) is 2.30. The Labute approximate surface area is 141 Å². The second kappa shape index (κ2) is 7.05. The summed E-state index contributed by atoms with van der Waals surface area (Å²) in [6.45, 7) is 8.58. The molecule has 1 aliphatic heterocycles. The van der Waals surface area contributed by atoms with E-state index >= 15 is 0 Å². The summed E-state index contributed by atoms with van der Waals surface area (Å²) in [4.78, 5) is 14.6. The van der Waals surface area contributed by atoms with Crippen LogP contribution >= 0.6 is 0 Å². The summed E-state index contributed by atoms with van der Waals surface area (Å²) in [7, 11) is 0. The number of hydrogen-bond acceptors (Lipinski definition) is 5. The van der Waals surface area contributed by atoms with Crippen LogP contribution in [0.1, 0.15) is 34.3 Å². The number of piperazine rings is 1. The van der Waals surface area contributed by atoms with Gasteiger partial charge in [0.05, 0.1) is 11.3 Å². The smallest absolute Gasteiger partial charge is 0.254 e. The van der Waals surface area contributed by atoms with E-state index in [2.05, 4.69) is 17.4 Å². The number of carbonyl (C=O) groups is 1. The Morgan fingerprint density at radius 1 is 1.46 bits per heavy atom. The van der Waals surface area contributed by atoms with E-state index in [0.717, 1.165) is 36.7 Å². The lowest BCUT2D eigenvalue weighted by Crippen LogP contribution is -2.52. The minimum absolute atomic E-state index is 0.0480. The molecule has 3 rings (SSSR count). The molecule has 128 valence electrons. The van der Waals surface area contributed by atoms with Crippen LogP contribution in [0.25, 0.3) is 0 Å². The van der Waals surface area contributed by atoms with Gasteiger partial charge in [-0.1, -0.05) is 11.2 Å². The quantitative estimate of drug-likeness (QED) is 0.932. The van der Waals surface area contributed by atoms with Crippen molar-refractivity contribution in [3.05, 3.63) is 46.8 Å². The zero-order valence-electron chi connectivity index (χ0n) is 14.3. The first kappa shape index (κ1) is 16.5. The average Bonchev–Trinajstić information content (AvgIpc) is 2.91. The molecule has 24 heavy (non-hydrogen) atoms. The molecule has 1 fully saturated rings. The lowest BCUT2D eigenvalue weighted by molar-refractivity contribution is 0.0655. The zero-order chi connectivity index (χ0) is 17.1. The Kier molecular flexibility index (Phi) is 4.85. The molecule has 1 aromatic heterocycles. The van der Waals surface area contributed by atoms with E-state index in [1.54, 1.807) is 6.07 Å². The number of nitrogens with zero attached hydrogens (tertiary/aromatic N) is 2. The fourth-order valence-electron chi connectivity index (χ4n) is 2.89. The molecule has 2 heterocycles. The number of rotatable bonds is 4. The Hall–Kier alpha value is -2.34. The number of aromatic nitrogens is 1. The molecule has 0 saturated carbocycles. The van der Waals surface area contributed by atoms with Crippen molar-refractivity contribution < 1.29 is 14.1 Å². The normalized spacial score (nSPS) is 17.8. The van der Waals surface area contributed by atoms with Gasteiger partial charge in [-0.15, -0.1) is 0 Å². The molecule has 1 atom stereocenters. The van der Waals surface area contributed by atoms with E-state index in [-0.39, 0.29) is 11.9 Å². The van der Waals surface area contributed by atoms with Gasteiger partial charge in [0.1, 0.15) is 18.1 Å². The van der Waals surface area contributed by atoms with Gasteiger partial charge in [0.25, 0.3) is 5.91 Å². The largest absolute Gasteiger partial charge is 0.489 e. The first-order valence-corrected chi connectivity index (χ1v) is 8.22. The van der Waals surface area contributed by atoms with Crippen molar-refractivity contribution in [2.24, 2.45) is 0 Å². The van der Waals surface area contributed by atoms with Gasteiger partial charge in [0.2, 0.25) is 0 Å². The first-order chi connectivity index (χ1) is 11.6. The van der Waals surface area contributed by atoms with Gasteiger partial charge < -0.3 is 19.5 Å². The summed E-state index contributed by atoms with van der Waals surface area (Å²) < 4.78 is 11.0. The maximum absolute atomic E-state index is 12.7. The van der Waals surface area contributed by atoms with Gasteiger partial charge in [0.15, 0.2) is 0 Å². The fraction of sp³-hybridized carbons (Fsp3) is 0.444. The molecule has 0 bridgehead atoms. The van der Waals surface area contributed by atoms with Crippen molar-refractivity contribution in [3.8, 4) is 5.75 Å². The van der Waals surface area contributed by atoms with E-state index < -0.39 is 0 Å². The van der Waals surface area contributed by atoms with Gasteiger partial charge in [-0.05, 0) is 39.0 Å². The SMILES string of the molecule is Cc1noc(C)c1COc1cccc(C(=O)N2CCNC[C@H]2C)c1. The second-order valence-corrected chi connectivity index (χ2v) is 6.17. The first-order valence-electron chi connectivity index (χ1n) is 8.22. The Balaban J connectivity index is 1.71. The Morgan fingerprint density at radius 3 is 3.00 bits per heavy atom. The number of nitrogens with one attached hydrogen (secondary N) is 1. The molecular weight excluding hydrogens is 306 g/mol. The van der Waals surface area contributed by atoms with Crippen molar-refractivity contribution in [3.63, 3.8) is 0 Å². The number of amides is 1. The third kappa shape index (κ3) is 3.43. The average molecular weight is 329 g/mol. The number of hydrogen-bond donors (Lipinski definition) is 1. The van der Waals surface area contributed by atoms with E-state index in [1.807, 2.05) is 36.9 Å². The van der Waals surface area contributed by atoms with Crippen LogP contribution < -0.4 is 10.1 Å². The third-order valence-corrected chi connectivity index (χ3v) is 4.41. The van der Waals surface area contributed by atoms with Crippen LogP contribution in [0.4, 0.5) is 0 Å². The topological polar surface area (TPSA) is 67.6 Å². The van der Waals surface area contributed by atoms with Crippen LogP contribution in [0, 0.1) is 13.8 Å². The highest BCUT2D eigenvalue weighted by atomic mass is 16.5. The number of aryl methyl sites for hydroxylation is 2. The molecular formula is C18H23N3O3. The maximum atomic E-state index is 12.7. The monoisotopic (exact) mass is 329 g/mol. The lowest BCUT2D eigenvalue weighted by atomic mass is 10.1. The predicted molar refractivity (Wildman–Crippen MR) is 90.1 cm³/mol. The van der Waals surface area contributed by atoms with Crippen molar-refractivity contribution in [1.82, 2.24) is 15.4 Å². The molecule has 1 amide bonds. The number of ether oxygens (including phenoxy) is 1. The van der Waals surface area contributed by atoms with Crippen molar-refractivity contribution in [2.45, 2.75) is 33.4 Å². The summed E-state index contributed by atoms with van der Waals surface area (Å²) in [6.07, 6.45) is 0. The summed E-state index contributed by atoms with van der Waals surface area (Å²) in [5.41, 5.74) is 2.43. The molecule has 0 radical (unpaired) electrons. The fourth-order valence-corrected chi connectivity index (χ4v) is 2.89.